The number of nitrogens with one attached hydrogen (secondary N) is 1. The number of methoxy groups -OCH3 is 1. The van der Waals surface area contributed by atoms with Crippen molar-refractivity contribution in [2.24, 2.45) is 0 Å². The highest BCUT2D eigenvalue weighted by Gasteiger charge is 2.18. The molecule has 7 nitrogen and oxygen atoms in total. The van der Waals surface area contributed by atoms with Gasteiger partial charge in [0.05, 0.1) is 26.9 Å². The Morgan fingerprint density at radius 1 is 0.892 bits per heavy atom. The van der Waals surface area contributed by atoms with Gasteiger partial charge in [0, 0.05) is 57.2 Å². The van der Waals surface area contributed by atoms with Gasteiger partial charge in [-0.1, -0.05) is 36.4 Å². The van der Waals surface area contributed by atoms with Gasteiger partial charge in [0.15, 0.2) is 0 Å². The minimum absolute atomic E-state index is 0.158. The maximum atomic E-state index is 12.3. The molecule has 2 fully saturated rings. The van der Waals surface area contributed by atoms with E-state index in [1.807, 2.05) is 17.0 Å². The van der Waals surface area contributed by atoms with E-state index in [1.165, 1.54) is 16.8 Å². The fourth-order valence-electron chi connectivity index (χ4n) is 4.97. The van der Waals surface area contributed by atoms with Gasteiger partial charge in [0.25, 0.3) is 0 Å². The van der Waals surface area contributed by atoms with Crippen molar-refractivity contribution in [1.29, 1.82) is 0 Å². The average molecular weight is 501 g/mol. The van der Waals surface area contributed by atoms with Crippen molar-refractivity contribution in [3.63, 3.8) is 0 Å². The Hall–Kier alpha value is -3.55. The van der Waals surface area contributed by atoms with E-state index < -0.39 is 0 Å². The van der Waals surface area contributed by atoms with Gasteiger partial charge in [-0.2, -0.15) is 0 Å². The van der Waals surface area contributed by atoms with Gasteiger partial charge < -0.3 is 29.5 Å². The van der Waals surface area contributed by atoms with Gasteiger partial charge >= 0.3 is 0 Å². The van der Waals surface area contributed by atoms with E-state index in [-0.39, 0.29) is 5.91 Å². The molecule has 194 valence electrons. The SMILES string of the molecule is COc1cccc(CN(Cc2ccc(N3CCOCC3)cc2)c2cccc(CN3CCNCC3=O)c2)c1. The summed E-state index contributed by atoms with van der Waals surface area (Å²) < 4.78 is 11.0. The van der Waals surface area contributed by atoms with Crippen molar-refractivity contribution in [3.8, 4) is 5.75 Å². The molecule has 0 bridgehead atoms. The molecule has 3 aromatic rings. The number of piperazine rings is 1. The van der Waals surface area contributed by atoms with E-state index in [2.05, 4.69) is 75.8 Å². The predicted octanol–water partition coefficient (Wildman–Crippen LogP) is 3.67. The molecule has 1 N–H and O–H groups in total. The van der Waals surface area contributed by atoms with Crippen molar-refractivity contribution >= 4 is 17.3 Å². The molecule has 0 aromatic heterocycles. The maximum absolute atomic E-state index is 12.3. The van der Waals surface area contributed by atoms with Crippen LogP contribution in [0.2, 0.25) is 0 Å². The molecule has 3 aromatic carbocycles. The fourth-order valence-corrected chi connectivity index (χ4v) is 4.97. The fraction of sp³-hybridized carbons (Fsp3) is 0.367. The Morgan fingerprint density at radius 2 is 1.65 bits per heavy atom. The number of hydrogen-bond acceptors (Lipinski definition) is 6. The van der Waals surface area contributed by atoms with Gasteiger partial charge in [-0.25, -0.2) is 0 Å². The first kappa shape index (κ1) is 25.1. The number of hydrogen-bond donors (Lipinski definition) is 1. The molecule has 2 saturated heterocycles. The van der Waals surface area contributed by atoms with E-state index in [0.29, 0.717) is 13.1 Å². The number of nitrogens with zero attached hydrogens (tertiary/aromatic N) is 3. The van der Waals surface area contributed by atoms with Gasteiger partial charge in [-0.15, -0.1) is 0 Å². The minimum atomic E-state index is 0.158. The lowest BCUT2D eigenvalue weighted by atomic mass is 10.1. The van der Waals surface area contributed by atoms with Crippen molar-refractivity contribution in [3.05, 3.63) is 89.5 Å². The van der Waals surface area contributed by atoms with Crippen LogP contribution in [0, 0.1) is 0 Å². The van der Waals surface area contributed by atoms with Crippen LogP contribution in [0.5, 0.6) is 5.75 Å². The summed E-state index contributed by atoms with van der Waals surface area (Å²) >= 11 is 0. The van der Waals surface area contributed by atoms with Gasteiger partial charge in [0.1, 0.15) is 5.75 Å². The zero-order chi connectivity index (χ0) is 25.5. The Bertz CT molecular complexity index is 1180. The van der Waals surface area contributed by atoms with Gasteiger partial charge in [-0.3, -0.25) is 4.79 Å². The third kappa shape index (κ3) is 6.61. The quantitative estimate of drug-likeness (QED) is 0.484. The van der Waals surface area contributed by atoms with Crippen LogP contribution in [0.15, 0.2) is 72.8 Å². The van der Waals surface area contributed by atoms with Crippen LogP contribution < -0.4 is 19.9 Å². The standard InChI is InChI=1S/C30H36N4O3/c1-36-29-7-3-5-26(19-29)23-34(21-24-8-10-27(11-9-24)32-14-16-37-17-15-32)28-6-2-4-25(18-28)22-33-13-12-31-20-30(33)35/h2-11,18-19,31H,12-17,20-23H2,1H3. The number of amides is 1. The van der Waals surface area contributed by atoms with E-state index in [0.717, 1.165) is 69.5 Å². The first-order chi connectivity index (χ1) is 18.2. The number of benzene rings is 3. The number of anilines is 2. The molecule has 5 rings (SSSR count). The Balaban J connectivity index is 1.37. The molecule has 0 radical (unpaired) electrons. The summed E-state index contributed by atoms with van der Waals surface area (Å²) in [5.41, 5.74) is 5.97. The van der Waals surface area contributed by atoms with E-state index in [1.54, 1.807) is 7.11 Å². The Labute approximate surface area is 219 Å². The summed E-state index contributed by atoms with van der Waals surface area (Å²) in [6.07, 6.45) is 0. The number of carbonyl (C=O) groups is 1. The molecule has 2 aliphatic rings. The summed E-state index contributed by atoms with van der Waals surface area (Å²) in [5.74, 6) is 1.02. The largest absolute Gasteiger partial charge is 0.497 e. The van der Waals surface area contributed by atoms with Crippen LogP contribution in [0.25, 0.3) is 0 Å². The molecule has 37 heavy (non-hydrogen) atoms. The highest BCUT2D eigenvalue weighted by molar-refractivity contribution is 5.79. The van der Waals surface area contributed by atoms with Crippen LogP contribution >= 0.6 is 0 Å². The normalized spacial score (nSPS) is 16.1. The lowest BCUT2D eigenvalue weighted by Crippen LogP contribution is -2.47. The summed E-state index contributed by atoms with van der Waals surface area (Å²) in [4.78, 5) is 19.0. The summed E-state index contributed by atoms with van der Waals surface area (Å²) in [7, 11) is 1.70. The van der Waals surface area contributed by atoms with Crippen molar-refractivity contribution in [1.82, 2.24) is 10.2 Å². The molecule has 0 aliphatic carbocycles. The summed E-state index contributed by atoms with van der Waals surface area (Å²) in [6.45, 7) is 7.60. The summed E-state index contributed by atoms with van der Waals surface area (Å²) in [6, 6.07) is 25.7. The van der Waals surface area contributed by atoms with Crippen LogP contribution in [0.1, 0.15) is 16.7 Å². The third-order valence-electron chi connectivity index (χ3n) is 7.03. The zero-order valence-electron chi connectivity index (χ0n) is 21.6. The van der Waals surface area contributed by atoms with Crippen LogP contribution in [0.4, 0.5) is 11.4 Å². The van der Waals surface area contributed by atoms with Crippen molar-refractivity contribution < 1.29 is 14.3 Å². The number of morpholine rings is 1. The second-order valence-corrected chi connectivity index (χ2v) is 9.64. The number of rotatable bonds is 9. The zero-order valence-corrected chi connectivity index (χ0v) is 21.6. The average Bonchev–Trinajstić information content (AvgIpc) is 2.95. The van der Waals surface area contributed by atoms with E-state index in [9.17, 15) is 4.79 Å². The first-order valence-electron chi connectivity index (χ1n) is 13.0. The topological polar surface area (TPSA) is 57.3 Å². The molecule has 1 amide bonds. The van der Waals surface area contributed by atoms with Crippen molar-refractivity contribution in [2.75, 3.05) is 62.8 Å². The van der Waals surface area contributed by atoms with Gasteiger partial charge in [-0.05, 0) is 53.1 Å². The maximum Gasteiger partial charge on any atom is 0.236 e. The molecule has 2 heterocycles. The van der Waals surface area contributed by atoms with Crippen LogP contribution in [-0.2, 0) is 29.2 Å². The number of ether oxygens (including phenoxy) is 2. The highest BCUT2D eigenvalue weighted by atomic mass is 16.5. The Kier molecular flexibility index (Phi) is 8.23. The third-order valence-corrected chi connectivity index (χ3v) is 7.03. The predicted molar refractivity (Wildman–Crippen MR) is 147 cm³/mol. The first-order valence-corrected chi connectivity index (χ1v) is 13.0. The molecule has 0 saturated carbocycles. The minimum Gasteiger partial charge on any atom is -0.497 e. The van der Waals surface area contributed by atoms with Crippen molar-refractivity contribution in [2.45, 2.75) is 19.6 Å². The van der Waals surface area contributed by atoms with Crippen LogP contribution in [0.3, 0.4) is 0 Å². The molecule has 2 aliphatic heterocycles. The number of carbonyl (C=O) groups excluding carboxylic acids is 1. The lowest BCUT2D eigenvalue weighted by Gasteiger charge is -2.30. The monoisotopic (exact) mass is 500 g/mol. The Morgan fingerprint density at radius 3 is 2.43 bits per heavy atom. The smallest absolute Gasteiger partial charge is 0.236 e. The lowest BCUT2D eigenvalue weighted by molar-refractivity contribution is -0.132. The second kappa shape index (κ2) is 12.1. The summed E-state index contributed by atoms with van der Waals surface area (Å²) in [5, 5.41) is 3.15. The van der Waals surface area contributed by atoms with E-state index in [4.69, 9.17) is 9.47 Å². The highest BCUT2D eigenvalue weighted by Crippen LogP contribution is 2.25. The molecule has 0 unspecified atom stereocenters. The molecule has 0 spiro atoms. The molecule has 0 atom stereocenters. The molecular formula is C30H36N4O3. The van der Waals surface area contributed by atoms with E-state index >= 15 is 0 Å². The van der Waals surface area contributed by atoms with Gasteiger partial charge in [0.2, 0.25) is 5.91 Å². The molecule has 7 heteroatoms. The van der Waals surface area contributed by atoms with Crippen LogP contribution in [-0.4, -0.2) is 63.9 Å². The molecular weight excluding hydrogens is 464 g/mol. The second-order valence-electron chi connectivity index (χ2n) is 9.64.